The standard InChI is InChI=1S/C28H22N2O5S/c1-17-9-11-21(12-10-17)28(32)30(22-13-14-24-23(16-22)26(18(2)31)19(3)35-24)36(33,34)25-8-4-6-20-7-5-15-29-27(20)25/h4-16H,1-3H3. The summed E-state index contributed by atoms with van der Waals surface area (Å²) in [6.45, 7) is 4.96. The van der Waals surface area contributed by atoms with Gasteiger partial charge in [-0.25, -0.2) is 8.42 Å². The highest BCUT2D eigenvalue weighted by molar-refractivity contribution is 7.93. The zero-order valence-corrected chi connectivity index (χ0v) is 20.7. The average Bonchev–Trinajstić information content (AvgIpc) is 3.19. The molecular formula is C28H22N2O5S. The molecule has 0 spiro atoms. The highest BCUT2D eigenvalue weighted by Gasteiger charge is 2.34. The fraction of sp³-hybridized carbons (Fsp3) is 0.107. The van der Waals surface area contributed by atoms with Crippen LogP contribution in [-0.2, 0) is 10.0 Å². The fourth-order valence-electron chi connectivity index (χ4n) is 4.33. The highest BCUT2D eigenvalue weighted by Crippen LogP contribution is 2.34. The van der Waals surface area contributed by atoms with Gasteiger partial charge in [-0.3, -0.25) is 14.6 Å². The van der Waals surface area contributed by atoms with Gasteiger partial charge in [-0.1, -0.05) is 35.9 Å². The number of hydrogen-bond acceptors (Lipinski definition) is 6. The highest BCUT2D eigenvalue weighted by atomic mass is 32.2. The van der Waals surface area contributed by atoms with Crippen LogP contribution in [0, 0.1) is 13.8 Å². The van der Waals surface area contributed by atoms with Crippen molar-refractivity contribution in [3.63, 3.8) is 0 Å². The van der Waals surface area contributed by atoms with Crippen LogP contribution in [0.4, 0.5) is 5.69 Å². The minimum Gasteiger partial charge on any atom is -0.461 e. The Morgan fingerprint density at radius 2 is 1.64 bits per heavy atom. The molecule has 7 nitrogen and oxygen atoms in total. The van der Waals surface area contributed by atoms with Crippen molar-refractivity contribution in [1.29, 1.82) is 0 Å². The molecule has 180 valence electrons. The summed E-state index contributed by atoms with van der Waals surface area (Å²) in [5.74, 6) is -0.528. The Labute approximate surface area is 208 Å². The predicted octanol–water partition coefficient (Wildman–Crippen LogP) is 5.84. The third-order valence-electron chi connectivity index (χ3n) is 6.03. The Balaban J connectivity index is 1.78. The number of benzene rings is 3. The van der Waals surface area contributed by atoms with Crippen molar-refractivity contribution in [2.75, 3.05) is 4.31 Å². The number of Topliss-reactive ketones (excluding diaryl/α,β-unsaturated/α-hetero) is 1. The van der Waals surface area contributed by atoms with Crippen molar-refractivity contribution in [3.8, 4) is 0 Å². The van der Waals surface area contributed by atoms with Crippen LogP contribution < -0.4 is 4.31 Å². The van der Waals surface area contributed by atoms with Crippen LogP contribution in [0.5, 0.6) is 0 Å². The zero-order valence-electron chi connectivity index (χ0n) is 19.8. The number of rotatable bonds is 5. The second-order valence-corrected chi connectivity index (χ2v) is 10.3. The SMILES string of the molecule is CC(=O)c1c(C)oc2ccc(N(C(=O)c3ccc(C)cc3)S(=O)(=O)c3cccc4cccnc34)cc12. The van der Waals surface area contributed by atoms with Crippen LogP contribution in [-0.4, -0.2) is 25.1 Å². The second-order valence-electron chi connectivity index (χ2n) is 8.54. The van der Waals surface area contributed by atoms with Crippen LogP contribution in [0.25, 0.3) is 21.9 Å². The number of para-hydroxylation sites is 1. The summed E-state index contributed by atoms with van der Waals surface area (Å²) in [5.41, 5.74) is 2.25. The summed E-state index contributed by atoms with van der Waals surface area (Å²) in [6.07, 6.45) is 1.51. The third-order valence-corrected chi connectivity index (χ3v) is 7.77. The van der Waals surface area contributed by atoms with Gasteiger partial charge in [0.1, 0.15) is 16.2 Å². The van der Waals surface area contributed by atoms with E-state index in [1.165, 1.54) is 31.3 Å². The van der Waals surface area contributed by atoms with Gasteiger partial charge in [-0.05, 0) is 63.2 Å². The molecule has 36 heavy (non-hydrogen) atoms. The van der Waals surface area contributed by atoms with E-state index in [2.05, 4.69) is 4.98 Å². The summed E-state index contributed by atoms with van der Waals surface area (Å²) in [4.78, 5) is 30.3. The number of carbonyl (C=O) groups excluding carboxylic acids is 2. The molecule has 1 amide bonds. The lowest BCUT2D eigenvalue weighted by Gasteiger charge is -2.23. The van der Waals surface area contributed by atoms with Crippen molar-refractivity contribution in [1.82, 2.24) is 4.98 Å². The topological polar surface area (TPSA) is 97.5 Å². The number of pyridine rings is 1. The van der Waals surface area contributed by atoms with E-state index in [4.69, 9.17) is 4.42 Å². The van der Waals surface area contributed by atoms with E-state index in [0.717, 1.165) is 9.87 Å². The molecule has 0 atom stereocenters. The maximum atomic E-state index is 14.2. The Morgan fingerprint density at radius 3 is 2.36 bits per heavy atom. The summed E-state index contributed by atoms with van der Waals surface area (Å²) in [7, 11) is -4.43. The number of sulfonamides is 1. The van der Waals surface area contributed by atoms with Crippen LogP contribution in [0.15, 0.2) is 88.3 Å². The number of carbonyl (C=O) groups is 2. The monoisotopic (exact) mass is 498 g/mol. The largest absolute Gasteiger partial charge is 0.461 e. The minimum atomic E-state index is -4.43. The first kappa shape index (κ1) is 23.4. The molecule has 0 N–H and O–H groups in total. The molecule has 2 aromatic heterocycles. The zero-order chi connectivity index (χ0) is 25.6. The van der Waals surface area contributed by atoms with Gasteiger partial charge in [0.15, 0.2) is 5.78 Å². The van der Waals surface area contributed by atoms with Crippen molar-refractivity contribution < 1.29 is 22.4 Å². The van der Waals surface area contributed by atoms with Crippen molar-refractivity contribution in [3.05, 3.63) is 101 Å². The van der Waals surface area contributed by atoms with Crippen LogP contribution >= 0.6 is 0 Å². The molecule has 0 aliphatic carbocycles. The predicted molar refractivity (Wildman–Crippen MR) is 138 cm³/mol. The molecule has 5 rings (SSSR count). The molecule has 5 aromatic rings. The fourth-order valence-corrected chi connectivity index (χ4v) is 5.91. The Hall–Kier alpha value is -4.30. The number of furan rings is 1. The van der Waals surface area contributed by atoms with E-state index in [1.54, 1.807) is 61.5 Å². The van der Waals surface area contributed by atoms with Gasteiger partial charge in [-0.2, -0.15) is 4.31 Å². The molecule has 0 aliphatic heterocycles. The first-order chi connectivity index (χ1) is 17.2. The smallest absolute Gasteiger partial charge is 0.273 e. The number of ketones is 1. The van der Waals surface area contributed by atoms with Crippen molar-refractivity contribution >= 4 is 49.3 Å². The number of anilines is 1. The maximum Gasteiger partial charge on any atom is 0.273 e. The Bertz CT molecular complexity index is 1760. The van der Waals surface area contributed by atoms with Crippen LogP contribution in [0.1, 0.15) is 39.0 Å². The van der Waals surface area contributed by atoms with E-state index in [1.807, 2.05) is 6.92 Å². The molecule has 2 heterocycles. The normalized spacial score (nSPS) is 11.6. The van der Waals surface area contributed by atoms with E-state index < -0.39 is 15.9 Å². The van der Waals surface area contributed by atoms with Crippen LogP contribution in [0.2, 0.25) is 0 Å². The lowest BCUT2D eigenvalue weighted by molar-refractivity contribution is 0.1000. The van der Waals surface area contributed by atoms with Gasteiger partial charge in [0.2, 0.25) is 0 Å². The lowest BCUT2D eigenvalue weighted by Crippen LogP contribution is -2.37. The number of aryl methyl sites for hydroxylation is 2. The van der Waals surface area contributed by atoms with Gasteiger partial charge < -0.3 is 4.42 Å². The molecular weight excluding hydrogens is 476 g/mol. The maximum absolute atomic E-state index is 14.2. The molecule has 0 saturated heterocycles. The van der Waals surface area contributed by atoms with Crippen molar-refractivity contribution in [2.45, 2.75) is 25.7 Å². The number of nitrogens with zero attached hydrogens (tertiary/aromatic N) is 2. The minimum absolute atomic E-state index is 0.0873. The molecule has 0 saturated carbocycles. The van der Waals surface area contributed by atoms with E-state index >= 15 is 0 Å². The molecule has 0 bridgehead atoms. The third kappa shape index (κ3) is 3.85. The summed E-state index contributed by atoms with van der Waals surface area (Å²) in [6, 6.07) is 19.5. The number of hydrogen-bond donors (Lipinski definition) is 0. The number of aromatic nitrogens is 1. The Morgan fingerprint density at radius 1 is 0.917 bits per heavy atom. The summed E-state index contributed by atoms with van der Waals surface area (Å²) < 4.78 is 34.8. The summed E-state index contributed by atoms with van der Waals surface area (Å²) in [5, 5.41) is 1.06. The Kier molecular flexibility index (Phi) is 5.68. The van der Waals surface area contributed by atoms with E-state index in [9.17, 15) is 18.0 Å². The first-order valence-corrected chi connectivity index (χ1v) is 12.7. The molecule has 8 heteroatoms. The van der Waals surface area contributed by atoms with Crippen molar-refractivity contribution in [2.24, 2.45) is 0 Å². The van der Waals surface area contributed by atoms with E-state index in [0.29, 0.717) is 27.7 Å². The van der Waals surface area contributed by atoms with Gasteiger partial charge in [0, 0.05) is 22.5 Å². The first-order valence-electron chi connectivity index (χ1n) is 11.2. The molecule has 0 unspecified atom stereocenters. The lowest BCUT2D eigenvalue weighted by atomic mass is 10.1. The molecule has 0 fully saturated rings. The van der Waals surface area contributed by atoms with Gasteiger partial charge in [0.05, 0.1) is 16.8 Å². The molecule has 3 aromatic carbocycles. The second kappa shape index (κ2) is 8.73. The molecule has 0 radical (unpaired) electrons. The molecule has 0 aliphatic rings. The number of fused-ring (bicyclic) bond motifs is 2. The number of amides is 1. The summed E-state index contributed by atoms with van der Waals surface area (Å²) >= 11 is 0. The van der Waals surface area contributed by atoms with Gasteiger partial charge >= 0.3 is 0 Å². The quantitative estimate of drug-likeness (QED) is 0.283. The average molecular weight is 499 g/mol. The van der Waals surface area contributed by atoms with E-state index in [-0.39, 0.29) is 27.4 Å². The van der Waals surface area contributed by atoms with Gasteiger partial charge in [0.25, 0.3) is 15.9 Å². The van der Waals surface area contributed by atoms with Gasteiger partial charge in [-0.15, -0.1) is 0 Å². The van der Waals surface area contributed by atoms with Crippen LogP contribution in [0.3, 0.4) is 0 Å².